The molecular weight excluding hydrogens is 252 g/mol. The van der Waals surface area contributed by atoms with Crippen molar-refractivity contribution in [2.24, 2.45) is 0 Å². The Balaban J connectivity index is 1.94. The SMILES string of the molecule is CCCn1nncc1C(=O)C1NCCc2ccccc21. The molecule has 0 amide bonds. The van der Waals surface area contributed by atoms with Crippen LogP contribution in [0.1, 0.15) is 41.0 Å². The summed E-state index contributed by atoms with van der Waals surface area (Å²) in [4.78, 5) is 12.8. The van der Waals surface area contributed by atoms with Crippen molar-refractivity contribution in [3.05, 3.63) is 47.3 Å². The molecule has 2 aromatic rings. The lowest BCUT2D eigenvalue weighted by Crippen LogP contribution is -2.36. The fourth-order valence-corrected chi connectivity index (χ4v) is 2.71. The summed E-state index contributed by atoms with van der Waals surface area (Å²) < 4.78 is 1.70. The maximum Gasteiger partial charge on any atom is 0.203 e. The number of nitrogens with zero attached hydrogens (tertiary/aromatic N) is 3. The van der Waals surface area contributed by atoms with Gasteiger partial charge in [0.05, 0.1) is 12.2 Å². The maximum absolute atomic E-state index is 12.8. The highest BCUT2D eigenvalue weighted by molar-refractivity contribution is 5.99. The van der Waals surface area contributed by atoms with Crippen LogP contribution in [0.2, 0.25) is 0 Å². The van der Waals surface area contributed by atoms with Crippen molar-refractivity contribution in [2.75, 3.05) is 6.54 Å². The average molecular weight is 270 g/mol. The number of aromatic nitrogens is 3. The van der Waals surface area contributed by atoms with Gasteiger partial charge in [0.25, 0.3) is 0 Å². The molecule has 1 atom stereocenters. The van der Waals surface area contributed by atoms with E-state index in [0.717, 1.165) is 31.5 Å². The van der Waals surface area contributed by atoms with Crippen LogP contribution >= 0.6 is 0 Å². The first-order chi connectivity index (χ1) is 9.81. The second kappa shape index (κ2) is 5.54. The number of carbonyl (C=O) groups excluding carboxylic acids is 1. The molecule has 1 aromatic carbocycles. The molecule has 1 aliphatic rings. The highest BCUT2D eigenvalue weighted by Crippen LogP contribution is 2.25. The normalized spacial score (nSPS) is 17.8. The third-order valence-electron chi connectivity index (χ3n) is 3.68. The van der Waals surface area contributed by atoms with Gasteiger partial charge in [0.2, 0.25) is 5.78 Å². The number of aryl methyl sites for hydroxylation is 1. The van der Waals surface area contributed by atoms with Gasteiger partial charge in [-0.1, -0.05) is 36.4 Å². The quantitative estimate of drug-likeness (QED) is 0.860. The molecule has 20 heavy (non-hydrogen) atoms. The molecule has 0 fully saturated rings. The zero-order valence-electron chi connectivity index (χ0n) is 11.5. The van der Waals surface area contributed by atoms with Crippen LogP contribution in [0.5, 0.6) is 0 Å². The van der Waals surface area contributed by atoms with Crippen molar-refractivity contribution in [1.29, 1.82) is 0 Å². The Morgan fingerprint density at radius 2 is 2.30 bits per heavy atom. The minimum absolute atomic E-state index is 0.0515. The molecule has 3 rings (SSSR count). The molecule has 2 heterocycles. The number of hydrogen-bond acceptors (Lipinski definition) is 4. The molecule has 0 saturated heterocycles. The summed E-state index contributed by atoms with van der Waals surface area (Å²) in [5.41, 5.74) is 2.91. The highest BCUT2D eigenvalue weighted by atomic mass is 16.1. The molecule has 0 saturated carbocycles. The van der Waals surface area contributed by atoms with E-state index in [-0.39, 0.29) is 11.8 Å². The van der Waals surface area contributed by atoms with Gasteiger partial charge in [-0.15, -0.1) is 5.10 Å². The van der Waals surface area contributed by atoms with Crippen molar-refractivity contribution in [1.82, 2.24) is 20.3 Å². The number of fused-ring (bicyclic) bond motifs is 1. The molecule has 0 radical (unpaired) electrons. The minimum Gasteiger partial charge on any atom is -0.303 e. The van der Waals surface area contributed by atoms with E-state index in [0.29, 0.717) is 5.69 Å². The monoisotopic (exact) mass is 270 g/mol. The van der Waals surface area contributed by atoms with Crippen LogP contribution < -0.4 is 5.32 Å². The van der Waals surface area contributed by atoms with Crippen LogP contribution in [0.4, 0.5) is 0 Å². The second-order valence-corrected chi connectivity index (χ2v) is 5.04. The maximum atomic E-state index is 12.8. The van der Waals surface area contributed by atoms with Crippen LogP contribution in [0.3, 0.4) is 0 Å². The van der Waals surface area contributed by atoms with Crippen molar-refractivity contribution < 1.29 is 4.79 Å². The van der Waals surface area contributed by atoms with Crippen molar-refractivity contribution in [3.63, 3.8) is 0 Å². The molecule has 1 aliphatic heterocycles. The molecular formula is C15H18N4O. The van der Waals surface area contributed by atoms with E-state index in [1.807, 2.05) is 18.2 Å². The molecule has 1 unspecified atom stereocenters. The molecule has 1 N–H and O–H groups in total. The number of benzene rings is 1. The van der Waals surface area contributed by atoms with Crippen LogP contribution in [-0.4, -0.2) is 27.3 Å². The molecule has 5 heteroatoms. The van der Waals surface area contributed by atoms with Crippen LogP contribution in [0.25, 0.3) is 0 Å². The zero-order chi connectivity index (χ0) is 13.9. The van der Waals surface area contributed by atoms with Crippen LogP contribution in [-0.2, 0) is 13.0 Å². The third-order valence-corrected chi connectivity index (χ3v) is 3.68. The van der Waals surface area contributed by atoms with Gasteiger partial charge in [0.1, 0.15) is 5.69 Å². The summed E-state index contributed by atoms with van der Waals surface area (Å²) in [6.45, 7) is 3.60. The predicted molar refractivity (Wildman–Crippen MR) is 75.5 cm³/mol. The summed E-state index contributed by atoms with van der Waals surface area (Å²) >= 11 is 0. The van der Waals surface area contributed by atoms with E-state index >= 15 is 0 Å². The highest BCUT2D eigenvalue weighted by Gasteiger charge is 2.28. The van der Waals surface area contributed by atoms with Gasteiger partial charge in [0, 0.05) is 13.1 Å². The van der Waals surface area contributed by atoms with E-state index in [2.05, 4.69) is 28.6 Å². The topological polar surface area (TPSA) is 59.8 Å². The Hall–Kier alpha value is -2.01. The number of rotatable bonds is 4. The predicted octanol–water partition coefficient (Wildman–Crippen LogP) is 1.76. The first-order valence-corrected chi connectivity index (χ1v) is 7.05. The Bertz CT molecular complexity index is 620. The van der Waals surface area contributed by atoms with E-state index in [1.165, 1.54) is 5.56 Å². The van der Waals surface area contributed by atoms with Crippen LogP contribution in [0, 0.1) is 0 Å². The molecule has 5 nitrogen and oxygen atoms in total. The Morgan fingerprint density at radius 3 is 3.15 bits per heavy atom. The smallest absolute Gasteiger partial charge is 0.203 e. The number of ketones is 1. The van der Waals surface area contributed by atoms with Gasteiger partial charge in [-0.2, -0.15) is 0 Å². The van der Waals surface area contributed by atoms with Gasteiger partial charge in [-0.3, -0.25) is 4.79 Å². The van der Waals surface area contributed by atoms with Gasteiger partial charge in [-0.05, 0) is 24.0 Å². The van der Waals surface area contributed by atoms with Crippen LogP contribution in [0.15, 0.2) is 30.5 Å². The number of nitrogens with one attached hydrogen (secondary N) is 1. The van der Waals surface area contributed by atoms with Crippen molar-refractivity contribution in [2.45, 2.75) is 32.4 Å². The molecule has 104 valence electrons. The summed E-state index contributed by atoms with van der Waals surface area (Å²) in [7, 11) is 0. The summed E-state index contributed by atoms with van der Waals surface area (Å²) in [6, 6.07) is 7.84. The Kier molecular flexibility index (Phi) is 3.60. The lowest BCUT2D eigenvalue weighted by molar-refractivity contribution is 0.0928. The first-order valence-electron chi connectivity index (χ1n) is 7.05. The van der Waals surface area contributed by atoms with Crippen molar-refractivity contribution in [3.8, 4) is 0 Å². The van der Waals surface area contributed by atoms with E-state index in [9.17, 15) is 4.79 Å². The zero-order valence-corrected chi connectivity index (χ0v) is 11.5. The standard InChI is InChI=1S/C15H18N4O/c1-2-9-19-13(10-17-18-19)15(20)14-12-6-4-3-5-11(12)7-8-16-14/h3-6,10,14,16H,2,7-9H2,1H3. The van der Waals surface area contributed by atoms with Gasteiger partial charge in [0.15, 0.2) is 0 Å². The van der Waals surface area contributed by atoms with E-state index in [4.69, 9.17) is 0 Å². The fourth-order valence-electron chi connectivity index (χ4n) is 2.71. The Labute approximate surface area is 118 Å². The lowest BCUT2D eigenvalue weighted by atomic mass is 9.91. The summed E-state index contributed by atoms with van der Waals surface area (Å²) in [5, 5.41) is 11.2. The number of Topliss-reactive ketones (excluding diaryl/α,β-unsaturated/α-hetero) is 1. The number of hydrogen-bond donors (Lipinski definition) is 1. The van der Waals surface area contributed by atoms with E-state index < -0.39 is 0 Å². The number of carbonyl (C=O) groups is 1. The molecule has 0 aliphatic carbocycles. The Morgan fingerprint density at radius 1 is 1.45 bits per heavy atom. The van der Waals surface area contributed by atoms with Crippen molar-refractivity contribution >= 4 is 5.78 Å². The van der Waals surface area contributed by atoms with Gasteiger partial charge < -0.3 is 5.32 Å². The minimum atomic E-state index is -0.283. The summed E-state index contributed by atoms with van der Waals surface area (Å²) in [6.07, 6.45) is 3.46. The molecule has 1 aromatic heterocycles. The third kappa shape index (κ3) is 2.25. The first kappa shape index (κ1) is 13.0. The lowest BCUT2D eigenvalue weighted by Gasteiger charge is -2.25. The largest absolute Gasteiger partial charge is 0.303 e. The molecule has 0 bridgehead atoms. The van der Waals surface area contributed by atoms with Gasteiger partial charge >= 0.3 is 0 Å². The van der Waals surface area contributed by atoms with E-state index in [1.54, 1.807) is 10.9 Å². The molecule has 0 spiro atoms. The fraction of sp³-hybridized carbons (Fsp3) is 0.400. The second-order valence-electron chi connectivity index (χ2n) is 5.04. The summed E-state index contributed by atoms with van der Waals surface area (Å²) in [5.74, 6) is 0.0515. The average Bonchev–Trinajstić information content (AvgIpc) is 2.94. The van der Waals surface area contributed by atoms with Gasteiger partial charge in [-0.25, -0.2) is 4.68 Å².